The lowest BCUT2D eigenvalue weighted by molar-refractivity contribution is 0.0998. The highest BCUT2D eigenvalue weighted by Gasteiger charge is 2.14. The summed E-state index contributed by atoms with van der Waals surface area (Å²) < 4.78 is 13.7. The van der Waals surface area contributed by atoms with E-state index in [1.54, 1.807) is 26.0 Å². The van der Waals surface area contributed by atoms with E-state index in [2.05, 4.69) is 18.8 Å². The molecular weight excluding hydrogens is 380 g/mol. The molecule has 0 aliphatic carbocycles. The number of aromatic nitrogens is 1. The topological polar surface area (TPSA) is 52.8 Å². The molecular formula is C20H22N2O3S2. The maximum atomic E-state index is 12.6. The van der Waals surface area contributed by atoms with E-state index in [9.17, 15) is 4.79 Å². The van der Waals surface area contributed by atoms with Gasteiger partial charge in [0.25, 0.3) is 5.91 Å². The smallest absolute Gasteiger partial charge is 0.279 e. The minimum absolute atomic E-state index is 0.267. The average molecular weight is 403 g/mol. The van der Waals surface area contributed by atoms with Crippen LogP contribution in [-0.2, 0) is 7.05 Å². The van der Waals surface area contributed by atoms with Crippen molar-refractivity contribution in [2.75, 3.05) is 14.2 Å². The number of amides is 1. The zero-order valence-corrected chi connectivity index (χ0v) is 17.6. The van der Waals surface area contributed by atoms with Crippen LogP contribution in [0.3, 0.4) is 0 Å². The standard InChI is InChI=1S/C20H22N2O3S2/c1-12(2)26-14-8-6-13(7-9-14)19(23)21-20-22(3)17-15(24-4)10-11-16(25-5)18(17)27-20/h6-12H,1-5H3. The fourth-order valence-corrected chi connectivity index (χ4v) is 4.69. The molecule has 0 unspecified atom stereocenters. The molecule has 27 heavy (non-hydrogen) atoms. The Kier molecular flexibility index (Phi) is 5.92. The highest BCUT2D eigenvalue weighted by molar-refractivity contribution is 7.99. The third-order valence-corrected chi connectivity index (χ3v) is 6.15. The van der Waals surface area contributed by atoms with Gasteiger partial charge in [0.15, 0.2) is 4.80 Å². The molecule has 0 saturated carbocycles. The van der Waals surface area contributed by atoms with E-state index >= 15 is 0 Å². The molecule has 0 N–H and O–H groups in total. The van der Waals surface area contributed by atoms with Crippen LogP contribution in [0.25, 0.3) is 10.2 Å². The summed E-state index contributed by atoms with van der Waals surface area (Å²) in [5.74, 6) is 1.18. The van der Waals surface area contributed by atoms with Crippen LogP contribution < -0.4 is 14.3 Å². The van der Waals surface area contributed by atoms with Crippen LogP contribution in [-0.4, -0.2) is 29.9 Å². The average Bonchev–Trinajstić information content (AvgIpc) is 2.97. The number of carbonyl (C=O) groups excluding carboxylic acids is 1. The Morgan fingerprint density at radius 1 is 1.07 bits per heavy atom. The van der Waals surface area contributed by atoms with Gasteiger partial charge in [-0.2, -0.15) is 4.99 Å². The van der Waals surface area contributed by atoms with Crippen LogP contribution >= 0.6 is 23.1 Å². The molecule has 0 spiro atoms. The summed E-state index contributed by atoms with van der Waals surface area (Å²) in [5, 5.41) is 0.499. The zero-order valence-electron chi connectivity index (χ0n) is 16.0. The summed E-state index contributed by atoms with van der Waals surface area (Å²) in [4.78, 5) is 18.7. The van der Waals surface area contributed by atoms with Crippen molar-refractivity contribution in [2.45, 2.75) is 24.0 Å². The Labute approximate surface area is 166 Å². The Hall–Kier alpha value is -2.25. The third-order valence-electron chi connectivity index (χ3n) is 3.98. The fourth-order valence-electron chi connectivity index (χ4n) is 2.73. The third kappa shape index (κ3) is 4.04. The number of thioether (sulfide) groups is 1. The minimum atomic E-state index is -0.267. The van der Waals surface area contributed by atoms with Gasteiger partial charge in [-0.3, -0.25) is 4.79 Å². The summed E-state index contributed by atoms with van der Waals surface area (Å²) >= 11 is 3.17. The second-order valence-corrected chi connectivity index (χ2v) is 8.83. The van der Waals surface area contributed by atoms with Crippen LogP contribution in [0.2, 0.25) is 0 Å². The number of thiazole rings is 1. The normalized spacial score (nSPS) is 12.0. The van der Waals surface area contributed by atoms with Gasteiger partial charge in [0.2, 0.25) is 0 Å². The van der Waals surface area contributed by atoms with Gasteiger partial charge >= 0.3 is 0 Å². The van der Waals surface area contributed by atoms with Gasteiger partial charge in [0.1, 0.15) is 21.7 Å². The van der Waals surface area contributed by atoms with Crippen molar-refractivity contribution in [3.05, 3.63) is 46.8 Å². The number of nitrogens with zero attached hydrogens (tertiary/aromatic N) is 2. The first-order valence-electron chi connectivity index (χ1n) is 8.51. The predicted octanol–water partition coefficient (Wildman–Crippen LogP) is 4.50. The molecule has 1 aromatic heterocycles. The lowest BCUT2D eigenvalue weighted by Gasteiger charge is -2.06. The molecule has 0 fully saturated rings. The molecule has 1 amide bonds. The van der Waals surface area contributed by atoms with Crippen LogP contribution in [0, 0.1) is 0 Å². The van der Waals surface area contributed by atoms with E-state index in [0.717, 1.165) is 20.9 Å². The molecule has 142 valence electrons. The SMILES string of the molecule is COc1ccc(OC)c2c1sc(=NC(=O)c1ccc(SC(C)C)cc1)n2C. The summed E-state index contributed by atoms with van der Waals surface area (Å²) in [6, 6.07) is 11.3. The van der Waals surface area contributed by atoms with Gasteiger partial charge in [-0.05, 0) is 36.4 Å². The molecule has 3 aromatic rings. The number of ether oxygens (including phenoxy) is 2. The monoisotopic (exact) mass is 402 g/mol. The molecule has 2 aromatic carbocycles. The summed E-state index contributed by atoms with van der Waals surface area (Å²) in [5.41, 5.74) is 1.43. The van der Waals surface area contributed by atoms with E-state index in [1.807, 2.05) is 48.0 Å². The highest BCUT2D eigenvalue weighted by atomic mass is 32.2. The Morgan fingerprint density at radius 2 is 1.70 bits per heavy atom. The van der Waals surface area contributed by atoms with Crippen LogP contribution in [0.1, 0.15) is 24.2 Å². The van der Waals surface area contributed by atoms with Gasteiger partial charge in [0, 0.05) is 22.8 Å². The van der Waals surface area contributed by atoms with Crippen LogP contribution in [0.4, 0.5) is 0 Å². The van der Waals surface area contributed by atoms with Gasteiger partial charge in [-0.1, -0.05) is 25.2 Å². The van der Waals surface area contributed by atoms with Crippen molar-refractivity contribution in [1.29, 1.82) is 0 Å². The van der Waals surface area contributed by atoms with Crippen molar-refractivity contribution in [3.63, 3.8) is 0 Å². The summed E-state index contributed by atoms with van der Waals surface area (Å²) in [7, 11) is 5.12. The largest absolute Gasteiger partial charge is 0.495 e. The number of fused-ring (bicyclic) bond motifs is 1. The van der Waals surface area contributed by atoms with Crippen LogP contribution in [0.15, 0.2) is 46.3 Å². The fraction of sp³-hybridized carbons (Fsp3) is 0.300. The zero-order chi connectivity index (χ0) is 19.6. The maximum Gasteiger partial charge on any atom is 0.279 e. The van der Waals surface area contributed by atoms with E-state index in [4.69, 9.17) is 9.47 Å². The van der Waals surface area contributed by atoms with Crippen molar-refractivity contribution in [2.24, 2.45) is 12.0 Å². The van der Waals surface area contributed by atoms with Gasteiger partial charge in [0.05, 0.1) is 14.2 Å². The summed E-state index contributed by atoms with van der Waals surface area (Å²) in [6.45, 7) is 4.28. The number of aryl methyl sites for hydroxylation is 1. The number of hydrogen-bond acceptors (Lipinski definition) is 5. The van der Waals surface area contributed by atoms with Crippen molar-refractivity contribution >= 4 is 39.2 Å². The molecule has 0 atom stereocenters. The molecule has 0 bridgehead atoms. The second-order valence-electron chi connectivity index (χ2n) is 6.20. The molecule has 3 rings (SSSR count). The number of carbonyl (C=O) groups is 1. The second kappa shape index (κ2) is 8.19. The molecule has 0 aliphatic rings. The van der Waals surface area contributed by atoms with Gasteiger partial charge in [-0.25, -0.2) is 0 Å². The molecule has 1 heterocycles. The Bertz CT molecular complexity index is 1030. The maximum absolute atomic E-state index is 12.6. The van der Waals surface area contributed by atoms with E-state index in [-0.39, 0.29) is 5.91 Å². The molecule has 0 radical (unpaired) electrons. The van der Waals surface area contributed by atoms with E-state index in [1.165, 1.54) is 11.3 Å². The predicted molar refractivity (Wildman–Crippen MR) is 111 cm³/mol. The Morgan fingerprint density at radius 3 is 2.30 bits per heavy atom. The first kappa shape index (κ1) is 19.5. The molecule has 7 heteroatoms. The number of hydrogen-bond donors (Lipinski definition) is 0. The van der Waals surface area contributed by atoms with E-state index in [0.29, 0.717) is 21.4 Å². The minimum Gasteiger partial charge on any atom is -0.495 e. The molecule has 0 saturated heterocycles. The lowest BCUT2D eigenvalue weighted by atomic mass is 10.2. The van der Waals surface area contributed by atoms with E-state index < -0.39 is 0 Å². The van der Waals surface area contributed by atoms with Crippen LogP contribution in [0.5, 0.6) is 11.5 Å². The van der Waals surface area contributed by atoms with Gasteiger partial charge < -0.3 is 14.0 Å². The number of benzene rings is 2. The molecule has 5 nitrogen and oxygen atoms in total. The summed E-state index contributed by atoms with van der Waals surface area (Å²) in [6.07, 6.45) is 0. The molecule has 0 aliphatic heterocycles. The van der Waals surface area contributed by atoms with Crippen molar-refractivity contribution in [3.8, 4) is 11.5 Å². The quantitative estimate of drug-likeness (QED) is 0.590. The number of rotatable bonds is 5. The first-order valence-corrected chi connectivity index (χ1v) is 10.2. The first-order chi connectivity index (χ1) is 12.9. The lowest BCUT2D eigenvalue weighted by Crippen LogP contribution is -2.13. The number of methoxy groups -OCH3 is 2. The van der Waals surface area contributed by atoms with Crippen molar-refractivity contribution in [1.82, 2.24) is 4.57 Å². The Balaban J connectivity index is 2.02. The highest BCUT2D eigenvalue weighted by Crippen LogP contribution is 2.34. The van der Waals surface area contributed by atoms with Gasteiger partial charge in [-0.15, -0.1) is 11.8 Å². The van der Waals surface area contributed by atoms with Crippen molar-refractivity contribution < 1.29 is 14.3 Å².